The summed E-state index contributed by atoms with van der Waals surface area (Å²) in [6.45, 7) is 0.838. The van der Waals surface area contributed by atoms with Crippen LogP contribution in [0.3, 0.4) is 0 Å². The Morgan fingerprint density at radius 1 is 1.35 bits per heavy atom. The van der Waals surface area contributed by atoms with Crippen molar-refractivity contribution in [2.24, 2.45) is 0 Å². The summed E-state index contributed by atoms with van der Waals surface area (Å²) in [7, 11) is 2.67. The van der Waals surface area contributed by atoms with E-state index in [1.54, 1.807) is 4.90 Å². The van der Waals surface area contributed by atoms with Gasteiger partial charge in [-0.25, -0.2) is 8.78 Å². The summed E-state index contributed by atoms with van der Waals surface area (Å²) in [4.78, 5) is 38.7. The number of halogens is 2. The molecule has 0 spiro atoms. The second kappa shape index (κ2) is 8.70. The fraction of sp³-hybridized carbons (Fsp3) is 0.471. The van der Waals surface area contributed by atoms with E-state index in [-0.39, 0.29) is 25.4 Å². The van der Waals surface area contributed by atoms with Crippen LogP contribution in [0.25, 0.3) is 0 Å². The van der Waals surface area contributed by atoms with Crippen molar-refractivity contribution in [2.75, 3.05) is 33.8 Å². The van der Waals surface area contributed by atoms with E-state index in [0.717, 1.165) is 12.1 Å². The number of piperazine rings is 1. The monoisotopic (exact) mass is 369 g/mol. The fourth-order valence-electron chi connectivity index (χ4n) is 2.71. The lowest BCUT2D eigenvalue weighted by Crippen LogP contribution is -2.56. The van der Waals surface area contributed by atoms with E-state index in [4.69, 9.17) is 0 Å². The van der Waals surface area contributed by atoms with Crippen molar-refractivity contribution in [3.8, 4) is 0 Å². The lowest BCUT2D eigenvalue weighted by atomic mass is 10.1. The van der Waals surface area contributed by atoms with Crippen LogP contribution in [-0.2, 0) is 25.7 Å². The van der Waals surface area contributed by atoms with Crippen molar-refractivity contribution in [3.63, 3.8) is 0 Å². The molecule has 1 aromatic rings. The molecule has 1 atom stereocenters. The fourth-order valence-corrected chi connectivity index (χ4v) is 2.71. The molecule has 1 aliphatic rings. The lowest BCUT2D eigenvalue weighted by Gasteiger charge is -2.35. The summed E-state index contributed by atoms with van der Waals surface area (Å²) >= 11 is 0. The predicted molar refractivity (Wildman–Crippen MR) is 87.8 cm³/mol. The van der Waals surface area contributed by atoms with Gasteiger partial charge in [0.1, 0.15) is 6.54 Å². The number of likely N-dealkylation sites (N-methyl/N-ethyl adjacent to an activating group) is 1. The third-order valence-electron chi connectivity index (χ3n) is 4.20. The Morgan fingerprint density at radius 2 is 2.08 bits per heavy atom. The number of benzene rings is 1. The van der Waals surface area contributed by atoms with Crippen molar-refractivity contribution in [3.05, 3.63) is 35.4 Å². The third kappa shape index (κ3) is 4.98. The molecular formula is C17H21F2N3O4. The Bertz CT molecular complexity index is 699. The predicted octanol–water partition coefficient (Wildman–Crippen LogP) is 0.287. The van der Waals surface area contributed by atoms with Crippen LogP contribution in [0.4, 0.5) is 8.78 Å². The maximum atomic E-state index is 13.4. The number of esters is 1. The van der Waals surface area contributed by atoms with E-state index >= 15 is 0 Å². The first-order valence-corrected chi connectivity index (χ1v) is 8.08. The van der Waals surface area contributed by atoms with Gasteiger partial charge in [0.15, 0.2) is 11.6 Å². The van der Waals surface area contributed by atoms with E-state index < -0.39 is 29.6 Å². The summed E-state index contributed by atoms with van der Waals surface area (Å²) in [5.41, 5.74) is 0.499. The number of methoxy groups -OCH3 is 1. The van der Waals surface area contributed by atoms with E-state index in [2.05, 4.69) is 10.1 Å². The average Bonchev–Trinajstić information content (AvgIpc) is 2.60. The first kappa shape index (κ1) is 19.8. The molecule has 7 nitrogen and oxygen atoms in total. The van der Waals surface area contributed by atoms with Crippen molar-refractivity contribution in [1.82, 2.24) is 15.1 Å². The molecule has 1 aliphatic heterocycles. The Balaban J connectivity index is 2.07. The zero-order chi connectivity index (χ0) is 19.3. The highest BCUT2D eigenvalue weighted by atomic mass is 19.2. The number of carbonyl (C=O) groups is 3. The number of rotatable bonds is 6. The topological polar surface area (TPSA) is 78.9 Å². The number of carbonyl (C=O) groups excluding carboxylic acids is 3. The van der Waals surface area contributed by atoms with E-state index in [9.17, 15) is 23.2 Å². The molecule has 1 saturated heterocycles. The van der Waals surface area contributed by atoms with Gasteiger partial charge in [-0.3, -0.25) is 19.3 Å². The van der Waals surface area contributed by atoms with Crippen LogP contribution in [0, 0.1) is 11.6 Å². The van der Waals surface area contributed by atoms with Crippen LogP contribution in [0.2, 0.25) is 0 Å². The van der Waals surface area contributed by atoms with Crippen LogP contribution in [-0.4, -0.2) is 67.4 Å². The molecule has 9 heteroatoms. The zero-order valence-corrected chi connectivity index (χ0v) is 14.6. The number of nitrogens with zero attached hydrogens (tertiary/aromatic N) is 2. The minimum Gasteiger partial charge on any atom is -0.468 e. The highest BCUT2D eigenvalue weighted by molar-refractivity contribution is 5.90. The van der Waals surface area contributed by atoms with Crippen molar-refractivity contribution in [2.45, 2.75) is 19.0 Å². The minimum atomic E-state index is -0.964. The van der Waals surface area contributed by atoms with Gasteiger partial charge in [0.2, 0.25) is 11.8 Å². The van der Waals surface area contributed by atoms with Crippen LogP contribution in [0.5, 0.6) is 0 Å². The molecular weight excluding hydrogens is 348 g/mol. The quantitative estimate of drug-likeness (QED) is 0.729. The molecule has 1 heterocycles. The van der Waals surface area contributed by atoms with Crippen LogP contribution < -0.4 is 5.32 Å². The molecule has 2 rings (SSSR count). The summed E-state index contributed by atoms with van der Waals surface area (Å²) < 4.78 is 31.0. The number of nitrogens with one attached hydrogen (secondary N) is 1. The molecule has 0 bridgehead atoms. The zero-order valence-electron chi connectivity index (χ0n) is 14.6. The first-order valence-electron chi connectivity index (χ1n) is 8.08. The van der Waals surface area contributed by atoms with Crippen molar-refractivity contribution in [1.29, 1.82) is 0 Å². The SMILES string of the molecule is COC(=O)CN(C)C(=O)CC1C(=O)NCCN1Cc1ccc(F)c(F)c1. The van der Waals surface area contributed by atoms with Gasteiger partial charge in [-0.1, -0.05) is 6.07 Å². The molecule has 142 valence electrons. The highest BCUT2D eigenvalue weighted by Gasteiger charge is 2.32. The third-order valence-corrected chi connectivity index (χ3v) is 4.20. The summed E-state index contributed by atoms with van der Waals surface area (Å²) in [6.07, 6.45) is -0.136. The van der Waals surface area contributed by atoms with Gasteiger partial charge in [-0.15, -0.1) is 0 Å². The Labute approximate surface area is 149 Å². The van der Waals surface area contributed by atoms with Gasteiger partial charge in [0.05, 0.1) is 19.6 Å². The Kier molecular flexibility index (Phi) is 6.62. The van der Waals surface area contributed by atoms with Gasteiger partial charge in [-0.05, 0) is 17.7 Å². The van der Waals surface area contributed by atoms with Gasteiger partial charge in [0, 0.05) is 26.7 Å². The smallest absolute Gasteiger partial charge is 0.325 e. The Morgan fingerprint density at radius 3 is 2.73 bits per heavy atom. The second-order valence-electron chi connectivity index (χ2n) is 6.06. The van der Waals surface area contributed by atoms with Gasteiger partial charge < -0.3 is 15.0 Å². The molecule has 1 aromatic carbocycles. The van der Waals surface area contributed by atoms with Crippen LogP contribution in [0.15, 0.2) is 18.2 Å². The average molecular weight is 369 g/mol. The standard InChI is InChI=1S/C17H21F2N3O4/c1-21(10-16(24)26-2)15(23)8-14-17(25)20-5-6-22(14)9-11-3-4-12(18)13(19)7-11/h3-4,7,14H,5-6,8-10H2,1-2H3,(H,20,25). The maximum absolute atomic E-state index is 13.4. The molecule has 2 amide bonds. The summed E-state index contributed by atoms with van der Waals surface area (Å²) in [5, 5.41) is 2.69. The number of hydrogen-bond acceptors (Lipinski definition) is 5. The Hall–Kier alpha value is -2.55. The van der Waals surface area contributed by atoms with Gasteiger partial charge in [0.25, 0.3) is 0 Å². The van der Waals surface area contributed by atoms with Crippen molar-refractivity contribution >= 4 is 17.8 Å². The second-order valence-corrected chi connectivity index (χ2v) is 6.06. The molecule has 0 saturated carbocycles. The summed E-state index contributed by atoms with van der Waals surface area (Å²) in [6, 6.07) is 2.78. The highest BCUT2D eigenvalue weighted by Crippen LogP contribution is 2.16. The number of hydrogen-bond donors (Lipinski definition) is 1. The largest absolute Gasteiger partial charge is 0.468 e. The van der Waals surface area contributed by atoms with Crippen LogP contribution >= 0.6 is 0 Å². The maximum Gasteiger partial charge on any atom is 0.325 e. The molecule has 0 aliphatic carbocycles. The number of amides is 2. The van der Waals surface area contributed by atoms with Crippen molar-refractivity contribution < 1.29 is 27.9 Å². The summed E-state index contributed by atoms with van der Waals surface area (Å²) in [5.74, 6) is -3.19. The molecule has 1 unspecified atom stereocenters. The molecule has 0 radical (unpaired) electrons. The number of ether oxygens (including phenoxy) is 1. The molecule has 0 aromatic heterocycles. The molecule has 26 heavy (non-hydrogen) atoms. The van der Waals surface area contributed by atoms with E-state index in [1.165, 1.54) is 25.1 Å². The van der Waals surface area contributed by atoms with E-state index in [0.29, 0.717) is 18.7 Å². The molecule has 1 fully saturated rings. The van der Waals surface area contributed by atoms with Crippen LogP contribution in [0.1, 0.15) is 12.0 Å². The minimum absolute atomic E-state index is 0.136. The van der Waals surface area contributed by atoms with Gasteiger partial charge in [-0.2, -0.15) is 0 Å². The first-order chi connectivity index (χ1) is 12.3. The van der Waals surface area contributed by atoms with Gasteiger partial charge >= 0.3 is 5.97 Å². The molecule has 1 N–H and O–H groups in total. The lowest BCUT2D eigenvalue weighted by molar-refractivity contribution is -0.147. The normalized spacial score (nSPS) is 17.5. The van der Waals surface area contributed by atoms with E-state index in [1.807, 2.05) is 0 Å².